The van der Waals surface area contributed by atoms with Crippen molar-refractivity contribution in [3.8, 4) is 11.1 Å². The Morgan fingerprint density at radius 3 is 2.56 bits per heavy atom. The molecule has 82 valence electrons. The smallest absolute Gasteiger partial charge is 0.267 e. The number of aromatic nitrogens is 2. The molecule has 0 aliphatic heterocycles. The molecule has 0 radical (unpaired) electrons. The first-order valence-electron chi connectivity index (χ1n) is 4.91. The minimum atomic E-state index is -0.133. The quantitative estimate of drug-likeness (QED) is 0.809. The van der Waals surface area contributed by atoms with Gasteiger partial charge in [-0.15, -0.1) is 11.8 Å². The van der Waals surface area contributed by atoms with E-state index in [9.17, 15) is 4.79 Å². The van der Waals surface area contributed by atoms with Crippen LogP contribution in [0.4, 0.5) is 0 Å². The molecule has 1 heterocycles. The average Bonchev–Trinajstić information content (AvgIpc) is 2.33. The summed E-state index contributed by atoms with van der Waals surface area (Å²) in [4.78, 5) is 12.6. The van der Waals surface area contributed by atoms with Crippen LogP contribution in [0, 0.1) is 6.92 Å². The van der Waals surface area contributed by atoms with Gasteiger partial charge in [0.1, 0.15) is 0 Å². The monoisotopic (exact) mass is 232 g/mol. The van der Waals surface area contributed by atoms with Crippen LogP contribution in [0.3, 0.4) is 0 Å². The maximum atomic E-state index is 11.4. The van der Waals surface area contributed by atoms with Crippen molar-refractivity contribution in [3.63, 3.8) is 0 Å². The van der Waals surface area contributed by atoms with Crippen LogP contribution in [0.2, 0.25) is 0 Å². The van der Waals surface area contributed by atoms with Crippen molar-refractivity contribution < 1.29 is 0 Å². The van der Waals surface area contributed by atoms with Crippen LogP contribution in [0.5, 0.6) is 0 Å². The first-order chi connectivity index (χ1) is 7.72. The molecule has 16 heavy (non-hydrogen) atoms. The standard InChI is InChI=1S/C12H12N2OS/c1-8-11(7-13-14-12(8)15)9-3-5-10(16-2)6-4-9/h3-7H,1-2H3,(H,14,15). The van der Waals surface area contributed by atoms with Crippen LogP contribution < -0.4 is 5.56 Å². The summed E-state index contributed by atoms with van der Waals surface area (Å²) in [5, 5.41) is 6.24. The fourth-order valence-corrected chi connectivity index (χ4v) is 1.93. The minimum absolute atomic E-state index is 0.133. The summed E-state index contributed by atoms with van der Waals surface area (Å²) >= 11 is 1.70. The van der Waals surface area contributed by atoms with Gasteiger partial charge in [-0.05, 0) is 30.9 Å². The molecule has 0 atom stereocenters. The van der Waals surface area contributed by atoms with Gasteiger partial charge in [-0.1, -0.05) is 12.1 Å². The zero-order valence-corrected chi connectivity index (χ0v) is 9.97. The van der Waals surface area contributed by atoms with E-state index in [1.807, 2.05) is 30.5 Å². The highest BCUT2D eigenvalue weighted by molar-refractivity contribution is 7.98. The van der Waals surface area contributed by atoms with Gasteiger partial charge < -0.3 is 0 Å². The summed E-state index contributed by atoms with van der Waals surface area (Å²) in [6, 6.07) is 8.10. The highest BCUT2D eigenvalue weighted by atomic mass is 32.2. The lowest BCUT2D eigenvalue weighted by molar-refractivity contribution is 0.972. The van der Waals surface area contributed by atoms with E-state index in [-0.39, 0.29) is 5.56 Å². The Labute approximate surface area is 97.9 Å². The van der Waals surface area contributed by atoms with Crippen molar-refractivity contribution in [2.75, 3.05) is 6.26 Å². The zero-order valence-electron chi connectivity index (χ0n) is 9.15. The molecule has 2 rings (SSSR count). The molecule has 0 saturated carbocycles. The molecule has 4 heteroatoms. The van der Waals surface area contributed by atoms with E-state index in [0.717, 1.165) is 11.1 Å². The van der Waals surface area contributed by atoms with Crippen molar-refractivity contribution in [3.05, 3.63) is 46.4 Å². The first kappa shape index (κ1) is 11.0. The van der Waals surface area contributed by atoms with Gasteiger partial charge in [0.15, 0.2) is 0 Å². The van der Waals surface area contributed by atoms with Gasteiger partial charge in [0.25, 0.3) is 5.56 Å². The zero-order chi connectivity index (χ0) is 11.5. The summed E-state index contributed by atoms with van der Waals surface area (Å²) in [6.45, 7) is 1.80. The molecule has 1 aromatic carbocycles. The van der Waals surface area contributed by atoms with Crippen molar-refractivity contribution in [1.29, 1.82) is 0 Å². The SMILES string of the molecule is CSc1ccc(-c2cn[nH]c(=O)c2C)cc1. The molecule has 0 unspecified atom stereocenters. The third-order valence-corrected chi connectivity index (χ3v) is 3.25. The lowest BCUT2D eigenvalue weighted by Gasteiger charge is -2.04. The predicted octanol–water partition coefficient (Wildman–Crippen LogP) is 2.47. The van der Waals surface area contributed by atoms with Crippen LogP contribution in [-0.2, 0) is 0 Å². The summed E-state index contributed by atoms with van der Waals surface area (Å²) in [5.74, 6) is 0. The van der Waals surface area contributed by atoms with Gasteiger partial charge in [-0.25, -0.2) is 5.10 Å². The van der Waals surface area contributed by atoms with Crippen molar-refractivity contribution in [1.82, 2.24) is 10.2 Å². The van der Waals surface area contributed by atoms with Crippen LogP contribution in [0.15, 0.2) is 40.2 Å². The maximum Gasteiger partial charge on any atom is 0.267 e. The second kappa shape index (κ2) is 4.53. The summed E-state index contributed by atoms with van der Waals surface area (Å²) in [6.07, 6.45) is 3.72. The topological polar surface area (TPSA) is 45.8 Å². The molecular formula is C12H12N2OS. The van der Waals surface area contributed by atoms with Gasteiger partial charge in [0.05, 0.1) is 6.20 Å². The largest absolute Gasteiger partial charge is 0.268 e. The van der Waals surface area contributed by atoms with Crippen molar-refractivity contribution >= 4 is 11.8 Å². The van der Waals surface area contributed by atoms with Crippen LogP contribution in [0.1, 0.15) is 5.56 Å². The van der Waals surface area contributed by atoms with E-state index in [4.69, 9.17) is 0 Å². The number of nitrogens with zero attached hydrogens (tertiary/aromatic N) is 1. The van der Waals surface area contributed by atoms with E-state index in [0.29, 0.717) is 5.56 Å². The van der Waals surface area contributed by atoms with E-state index in [1.54, 1.807) is 24.9 Å². The Morgan fingerprint density at radius 2 is 1.94 bits per heavy atom. The normalized spacial score (nSPS) is 10.4. The molecular weight excluding hydrogens is 220 g/mol. The molecule has 0 aliphatic rings. The maximum absolute atomic E-state index is 11.4. The molecule has 1 aromatic heterocycles. The molecule has 0 spiro atoms. The third-order valence-electron chi connectivity index (χ3n) is 2.51. The number of nitrogens with one attached hydrogen (secondary N) is 1. The van der Waals surface area contributed by atoms with Crippen molar-refractivity contribution in [2.45, 2.75) is 11.8 Å². The highest BCUT2D eigenvalue weighted by Gasteiger charge is 2.04. The Morgan fingerprint density at radius 1 is 1.25 bits per heavy atom. The number of aromatic amines is 1. The third kappa shape index (κ3) is 2.02. The second-order valence-corrected chi connectivity index (χ2v) is 4.35. The molecule has 0 saturated heterocycles. The summed E-state index contributed by atoms with van der Waals surface area (Å²) in [5.41, 5.74) is 2.48. The van der Waals surface area contributed by atoms with E-state index < -0.39 is 0 Å². The highest BCUT2D eigenvalue weighted by Crippen LogP contribution is 2.23. The number of hydrogen-bond acceptors (Lipinski definition) is 3. The van der Waals surface area contributed by atoms with Gasteiger partial charge >= 0.3 is 0 Å². The molecule has 0 bridgehead atoms. The Kier molecular flexibility index (Phi) is 3.10. The van der Waals surface area contributed by atoms with Crippen molar-refractivity contribution in [2.24, 2.45) is 0 Å². The van der Waals surface area contributed by atoms with Gasteiger partial charge in [-0.3, -0.25) is 4.79 Å². The first-order valence-corrected chi connectivity index (χ1v) is 6.13. The molecule has 1 N–H and O–H groups in total. The van der Waals surface area contributed by atoms with Crippen LogP contribution in [-0.4, -0.2) is 16.5 Å². The van der Waals surface area contributed by atoms with Crippen LogP contribution in [0.25, 0.3) is 11.1 Å². The van der Waals surface area contributed by atoms with Gasteiger partial charge in [-0.2, -0.15) is 5.10 Å². The number of benzene rings is 1. The number of hydrogen-bond donors (Lipinski definition) is 1. The number of H-pyrrole nitrogens is 1. The van der Waals surface area contributed by atoms with E-state index in [2.05, 4.69) is 10.2 Å². The Bertz CT molecular complexity index is 546. The molecule has 0 amide bonds. The Balaban J connectivity index is 2.50. The fourth-order valence-electron chi connectivity index (χ4n) is 1.52. The van der Waals surface area contributed by atoms with E-state index in [1.165, 1.54) is 4.90 Å². The predicted molar refractivity (Wildman–Crippen MR) is 66.8 cm³/mol. The summed E-state index contributed by atoms with van der Waals surface area (Å²) in [7, 11) is 0. The summed E-state index contributed by atoms with van der Waals surface area (Å²) < 4.78 is 0. The number of thioether (sulfide) groups is 1. The Hall–Kier alpha value is -1.55. The van der Waals surface area contributed by atoms with Gasteiger partial charge in [0, 0.05) is 16.0 Å². The minimum Gasteiger partial charge on any atom is -0.268 e. The average molecular weight is 232 g/mol. The molecule has 3 nitrogen and oxygen atoms in total. The van der Waals surface area contributed by atoms with Gasteiger partial charge in [0.2, 0.25) is 0 Å². The van der Waals surface area contributed by atoms with Crippen LogP contribution >= 0.6 is 11.8 Å². The lowest BCUT2D eigenvalue weighted by Crippen LogP contribution is -2.11. The molecule has 2 aromatic rings. The fraction of sp³-hybridized carbons (Fsp3) is 0.167. The molecule has 0 fully saturated rings. The number of rotatable bonds is 2. The van der Waals surface area contributed by atoms with E-state index >= 15 is 0 Å². The lowest BCUT2D eigenvalue weighted by atomic mass is 10.0. The molecule has 0 aliphatic carbocycles. The second-order valence-electron chi connectivity index (χ2n) is 3.47.